The number of methoxy groups -OCH3 is 2. The highest BCUT2D eigenvalue weighted by Gasteiger charge is 2.16. The Labute approximate surface area is 183 Å². The van der Waals surface area contributed by atoms with Crippen LogP contribution in [0.3, 0.4) is 0 Å². The highest BCUT2D eigenvalue weighted by atomic mass is 32.2. The molecule has 0 unspecified atom stereocenters. The molecule has 162 valence electrons. The lowest BCUT2D eigenvalue weighted by Gasteiger charge is -2.12. The van der Waals surface area contributed by atoms with E-state index in [0.29, 0.717) is 23.9 Å². The molecule has 0 aliphatic carbocycles. The highest BCUT2D eigenvalue weighted by Crippen LogP contribution is 2.19. The first kappa shape index (κ1) is 22.4. The van der Waals surface area contributed by atoms with Gasteiger partial charge in [-0.05, 0) is 30.2 Å². The molecule has 8 nitrogen and oxygen atoms in total. The van der Waals surface area contributed by atoms with Crippen molar-refractivity contribution in [3.63, 3.8) is 0 Å². The summed E-state index contributed by atoms with van der Waals surface area (Å²) in [7, 11) is 2.86. The minimum absolute atomic E-state index is 0.0534. The molecule has 9 heteroatoms. The summed E-state index contributed by atoms with van der Waals surface area (Å²) in [4.78, 5) is 41.4. The van der Waals surface area contributed by atoms with Crippen molar-refractivity contribution in [3.05, 3.63) is 64.4 Å². The molecule has 0 bridgehead atoms. The lowest BCUT2D eigenvalue weighted by Crippen LogP contribution is -2.30. The predicted molar refractivity (Wildman–Crippen MR) is 118 cm³/mol. The van der Waals surface area contributed by atoms with Crippen LogP contribution in [0.25, 0.3) is 10.9 Å². The fourth-order valence-electron chi connectivity index (χ4n) is 3.02. The molecule has 0 saturated carbocycles. The smallest absolute Gasteiger partial charge is 0.325 e. The molecule has 1 aromatic heterocycles. The Morgan fingerprint density at radius 2 is 1.84 bits per heavy atom. The topological polar surface area (TPSA) is 99.5 Å². The quantitative estimate of drug-likeness (QED) is 0.308. The van der Waals surface area contributed by atoms with Crippen LogP contribution >= 0.6 is 11.8 Å². The fourth-order valence-corrected chi connectivity index (χ4v) is 3.85. The molecule has 0 saturated heterocycles. The molecular formula is C22H23N3O5S. The number of carbonyl (C=O) groups excluding carboxylic acids is 2. The third-order valence-electron chi connectivity index (χ3n) is 4.58. The SMILES string of the molecule is COC(=O)Cn1c(SCC(=O)NCCc2ccccc2OC)nc2ccccc2c1=O. The van der Waals surface area contributed by atoms with E-state index in [1.54, 1.807) is 31.4 Å². The molecule has 0 spiro atoms. The number of nitrogens with one attached hydrogen (secondary N) is 1. The number of thioether (sulfide) groups is 1. The van der Waals surface area contributed by atoms with E-state index in [1.165, 1.54) is 11.7 Å². The number of rotatable bonds is 9. The van der Waals surface area contributed by atoms with Crippen LogP contribution in [0.15, 0.2) is 58.5 Å². The van der Waals surface area contributed by atoms with Gasteiger partial charge in [-0.1, -0.05) is 42.1 Å². The van der Waals surface area contributed by atoms with Crippen LogP contribution in [0.2, 0.25) is 0 Å². The average Bonchev–Trinajstić information content (AvgIpc) is 2.80. The van der Waals surface area contributed by atoms with Gasteiger partial charge >= 0.3 is 5.97 Å². The lowest BCUT2D eigenvalue weighted by molar-refractivity contribution is -0.141. The zero-order valence-corrected chi connectivity index (χ0v) is 18.1. The summed E-state index contributed by atoms with van der Waals surface area (Å²) in [6.45, 7) is 0.171. The van der Waals surface area contributed by atoms with Crippen LogP contribution in [0, 0.1) is 0 Å². The van der Waals surface area contributed by atoms with Crippen LogP contribution in [0.5, 0.6) is 5.75 Å². The maximum absolute atomic E-state index is 12.8. The van der Waals surface area contributed by atoms with E-state index >= 15 is 0 Å². The Kier molecular flexibility index (Phi) is 7.66. The van der Waals surface area contributed by atoms with Crippen molar-refractivity contribution in [1.82, 2.24) is 14.9 Å². The van der Waals surface area contributed by atoms with E-state index < -0.39 is 5.97 Å². The minimum atomic E-state index is -0.567. The molecule has 3 rings (SSSR count). The van der Waals surface area contributed by atoms with E-state index in [4.69, 9.17) is 9.47 Å². The van der Waals surface area contributed by atoms with Crippen molar-refractivity contribution >= 4 is 34.5 Å². The number of carbonyl (C=O) groups is 2. The Balaban J connectivity index is 1.68. The summed E-state index contributed by atoms with van der Waals surface area (Å²) >= 11 is 1.10. The number of nitrogens with zero attached hydrogens (tertiary/aromatic N) is 2. The first-order chi connectivity index (χ1) is 15.0. The van der Waals surface area contributed by atoms with E-state index in [9.17, 15) is 14.4 Å². The van der Waals surface area contributed by atoms with Crippen LogP contribution < -0.4 is 15.6 Å². The van der Waals surface area contributed by atoms with Crippen molar-refractivity contribution in [2.75, 3.05) is 26.5 Å². The Hall–Kier alpha value is -3.33. The van der Waals surface area contributed by atoms with Gasteiger partial charge in [0.05, 0.1) is 30.9 Å². The van der Waals surface area contributed by atoms with Gasteiger partial charge in [-0.15, -0.1) is 0 Å². The summed E-state index contributed by atoms with van der Waals surface area (Å²) in [5, 5.41) is 3.54. The second kappa shape index (κ2) is 10.6. The summed E-state index contributed by atoms with van der Waals surface area (Å²) in [6, 6.07) is 14.5. The van der Waals surface area contributed by atoms with Crippen LogP contribution in [-0.4, -0.2) is 47.9 Å². The van der Waals surface area contributed by atoms with E-state index in [1.807, 2.05) is 24.3 Å². The monoisotopic (exact) mass is 441 g/mol. The number of hydrogen-bond donors (Lipinski definition) is 1. The van der Waals surface area contributed by atoms with Crippen LogP contribution in [0.4, 0.5) is 0 Å². The Bertz CT molecular complexity index is 1150. The molecule has 31 heavy (non-hydrogen) atoms. The highest BCUT2D eigenvalue weighted by molar-refractivity contribution is 7.99. The Morgan fingerprint density at radius 3 is 2.61 bits per heavy atom. The molecule has 2 aromatic carbocycles. The van der Waals surface area contributed by atoms with E-state index in [0.717, 1.165) is 23.1 Å². The lowest BCUT2D eigenvalue weighted by atomic mass is 10.1. The molecule has 0 radical (unpaired) electrons. The van der Waals surface area contributed by atoms with Gasteiger partial charge in [-0.3, -0.25) is 19.0 Å². The van der Waals surface area contributed by atoms with Gasteiger partial charge in [-0.25, -0.2) is 4.98 Å². The molecule has 3 aromatic rings. The number of ether oxygens (including phenoxy) is 2. The summed E-state index contributed by atoms with van der Waals surface area (Å²) in [5.74, 6) is 0.0604. The number of hydrogen-bond acceptors (Lipinski definition) is 7. The summed E-state index contributed by atoms with van der Waals surface area (Å²) in [5.41, 5.74) is 1.16. The average molecular weight is 442 g/mol. The van der Waals surface area contributed by atoms with Gasteiger partial charge < -0.3 is 14.8 Å². The molecular weight excluding hydrogens is 418 g/mol. The van der Waals surface area contributed by atoms with Gasteiger partial charge in [0.15, 0.2) is 5.16 Å². The number of esters is 1. The fraction of sp³-hybridized carbons (Fsp3) is 0.273. The minimum Gasteiger partial charge on any atom is -0.496 e. The molecule has 0 aliphatic heterocycles. The first-order valence-electron chi connectivity index (χ1n) is 9.61. The molecule has 0 fully saturated rings. The molecule has 0 aliphatic rings. The summed E-state index contributed by atoms with van der Waals surface area (Å²) in [6.07, 6.45) is 0.627. The second-order valence-electron chi connectivity index (χ2n) is 6.58. The normalized spacial score (nSPS) is 10.6. The zero-order valence-electron chi connectivity index (χ0n) is 17.3. The number of benzene rings is 2. The van der Waals surface area contributed by atoms with Crippen molar-refractivity contribution < 1.29 is 19.1 Å². The molecule has 1 heterocycles. The van der Waals surface area contributed by atoms with Gasteiger partial charge in [0.25, 0.3) is 5.56 Å². The number of para-hydroxylation sites is 2. The van der Waals surface area contributed by atoms with Crippen molar-refractivity contribution in [2.45, 2.75) is 18.1 Å². The summed E-state index contributed by atoms with van der Waals surface area (Å²) < 4.78 is 11.2. The molecule has 0 atom stereocenters. The first-order valence-corrected chi connectivity index (χ1v) is 10.6. The largest absolute Gasteiger partial charge is 0.496 e. The maximum atomic E-state index is 12.8. The van der Waals surface area contributed by atoms with Gasteiger partial charge in [0.2, 0.25) is 5.91 Å². The molecule has 1 amide bonds. The van der Waals surface area contributed by atoms with Crippen LogP contribution in [-0.2, 0) is 27.3 Å². The number of amides is 1. The third kappa shape index (κ3) is 5.64. The number of aromatic nitrogens is 2. The van der Waals surface area contributed by atoms with Crippen LogP contribution in [0.1, 0.15) is 5.56 Å². The van der Waals surface area contributed by atoms with Crippen molar-refractivity contribution in [3.8, 4) is 5.75 Å². The second-order valence-corrected chi connectivity index (χ2v) is 7.52. The van der Waals surface area contributed by atoms with E-state index in [2.05, 4.69) is 10.3 Å². The maximum Gasteiger partial charge on any atom is 0.325 e. The Morgan fingerprint density at radius 1 is 1.10 bits per heavy atom. The van der Waals surface area contributed by atoms with Gasteiger partial charge in [0, 0.05) is 6.54 Å². The molecule has 1 N–H and O–H groups in total. The van der Waals surface area contributed by atoms with Crippen molar-refractivity contribution in [2.24, 2.45) is 0 Å². The standard InChI is InChI=1S/C22H23N3O5S/c1-29-18-10-6-3-7-15(18)11-12-23-19(26)14-31-22-24-17-9-5-4-8-16(17)21(28)25(22)13-20(27)30-2/h3-10H,11-14H2,1-2H3,(H,23,26). The predicted octanol–water partition coefficient (Wildman–Crippen LogP) is 2.03. The van der Waals surface area contributed by atoms with Gasteiger partial charge in [0.1, 0.15) is 12.3 Å². The van der Waals surface area contributed by atoms with E-state index in [-0.39, 0.29) is 28.9 Å². The zero-order chi connectivity index (χ0) is 22.2. The van der Waals surface area contributed by atoms with Gasteiger partial charge in [-0.2, -0.15) is 0 Å². The van der Waals surface area contributed by atoms with Crippen molar-refractivity contribution in [1.29, 1.82) is 0 Å². The third-order valence-corrected chi connectivity index (χ3v) is 5.56. The number of fused-ring (bicyclic) bond motifs is 1.